The largest absolute Gasteiger partial charge is 0.345 e. The number of benzene rings is 1. The highest BCUT2D eigenvalue weighted by Crippen LogP contribution is 2.24. The molecule has 0 atom stereocenters. The predicted molar refractivity (Wildman–Crippen MR) is 101 cm³/mol. The summed E-state index contributed by atoms with van der Waals surface area (Å²) in [5.41, 5.74) is 6.37. The van der Waals surface area contributed by atoms with Crippen LogP contribution >= 0.6 is 11.3 Å². The number of imidazole rings is 1. The minimum Gasteiger partial charge on any atom is -0.345 e. The summed E-state index contributed by atoms with van der Waals surface area (Å²) in [7, 11) is 3.49. The number of nitrogens with zero attached hydrogens (tertiary/aromatic N) is 5. The molecule has 3 aromatic heterocycles. The summed E-state index contributed by atoms with van der Waals surface area (Å²) in [4.78, 5) is 18.2. The van der Waals surface area contributed by atoms with E-state index in [1.807, 2.05) is 35.0 Å². The molecule has 6 nitrogen and oxygen atoms in total. The average molecular weight is 363 g/mol. The van der Waals surface area contributed by atoms with Gasteiger partial charge in [0.2, 0.25) is 0 Å². The molecule has 0 fully saturated rings. The minimum atomic E-state index is -0.0314. The molecule has 1 amide bonds. The second-order valence-corrected chi connectivity index (χ2v) is 7.11. The Bertz CT molecular complexity index is 1070. The lowest BCUT2D eigenvalue weighted by atomic mass is 10.1. The van der Waals surface area contributed by atoms with Crippen LogP contribution in [0, 0.1) is 0 Å². The van der Waals surface area contributed by atoms with E-state index in [2.05, 4.69) is 33.4 Å². The number of pyridine rings is 1. The van der Waals surface area contributed by atoms with Gasteiger partial charge in [-0.25, -0.2) is 4.98 Å². The molecule has 0 saturated heterocycles. The number of carbonyl (C=O) groups excluding carboxylic acids is 1. The van der Waals surface area contributed by atoms with Crippen LogP contribution in [0.2, 0.25) is 0 Å². The van der Waals surface area contributed by atoms with E-state index in [4.69, 9.17) is 0 Å². The van der Waals surface area contributed by atoms with Crippen molar-refractivity contribution in [3.63, 3.8) is 0 Å². The fraction of sp³-hybridized carbons (Fsp3) is 0.158. The van der Waals surface area contributed by atoms with Crippen molar-refractivity contribution in [2.75, 3.05) is 14.1 Å². The lowest BCUT2D eigenvalue weighted by molar-refractivity contribution is 0.0827. The van der Waals surface area contributed by atoms with E-state index in [-0.39, 0.29) is 5.91 Å². The molecule has 0 unspecified atom stereocenters. The highest BCUT2D eigenvalue weighted by Gasteiger charge is 2.12. The molecule has 0 N–H and O–H groups in total. The van der Waals surface area contributed by atoms with E-state index in [1.165, 1.54) is 5.56 Å². The van der Waals surface area contributed by atoms with Gasteiger partial charge in [0.15, 0.2) is 0 Å². The quantitative estimate of drug-likeness (QED) is 0.559. The Morgan fingerprint density at radius 3 is 2.88 bits per heavy atom. The van der Waals surface area contributed by atoms with Gasteiger partial charge in [0.05, 0.1) is 11.9 Å². The molecular weight excluding hydrogens is 346 g/mol. The topological polar surface area (TPSA) is 63.4 Å². The van der Waals surface area contributed by atoms with Gasteiger partial charge in [0.25, 0.3) is 5.91 Å². The number of rotatable bonds is 4. The van der Waals surface area contributed by atoms with Crippen LogP contribution in [0.4, 0.5) is 0 Å². The lowest BCUT2D eigenvalue weighted by Gasteiger charge is -2.10. The Morgan fingerprint density at radius 1 is 1.23 bits per heavy atom. The number of fused-ring (bicyclic) bond motifs is 1. The maximum Gasteiger partial charge on any atom is 0.253 e. The molecule has 0 aliphatic carbocycles. The van der Waals surface area contributed by atoms with E-state index in [1.54, 1.807) is 35.8 Å². The summed E-state index contributed by atoms with van der Waals surface area (Å²) < 4.78 is 2.00. The summed E-state index contributed by atoms with van der Waals surface area (Å²) in [6, 6.07) is 12.0. The molecule has 3 heterocycles. The monoisotopic (exact) mass is 363 g/mol. The van der Waals surface area contributed by atoms with Gasteiger partial charge in [-0.15, -0.1) is 21.5 Å². The second-order valence-electron chi connectivity index (χ2n) is 6.20. The van der Waals surface area contributed by atoms with Crippen molar-refractivity contribution < 1.29 is 4.79 Å². The molecule has 0 bridgehead atoms. The van der Waals surface area contributed by atoms with Crippen LogP contribution in [-0.4, -0.2) is 44.5 Å². The first kappa shape index (κ1) is 16.4. The molecule has 0 aliphatic rings. The SMILES string of the molecule is CN(C)C(=O)c1ccn2c(-c3cccc(Cc4nncs4)c3)cnc2c1. The average Bonchev–Trinajstić information content (AvgIpc) is 3.30. The molecule has 0 aliphatic heterocycles. The third-order valence-corrected chi connectivity index (χ3v) is 4.85. The van der Waals surface area contributed by atoms with Crippen LogP contribution in [0.5, 0.6) is 0 Å². The number of carbonyl (C=O) groups is 1. The maximum atomic E-state index is 12.1. The number of hydrogen-bond donors (Lipinski definition) is 0. The third kappa shape index (κ3) is 3.09. The minimum absolute atomic E-state index is 0.0314. The Kier molecular flexibility index (Phi) is 4.22. The van der Waals surface area contributed by atoms with Crippen LogP contribution in [0.1, 0.15) is 20.9 Å². The summed E-state index contributed by atoms with van der Waals surface area (Å²) >= 11 is 1.55. The second kappa shape index (κ2) is 6.68. The maximum absolute atomic E-state index is 12.1. The van der Waals surface area contributed by atoms with Gasteiger partial charge in [-0.1, -0.05) is 18.2 Å². The van der Waals surface area contributed by atoms with E-state index >= 15 is 0 Å². The fourth-order valence-electron chi connectivity index (χ4n) is 2.87. The Balaban J connectivity index is 1.70. The number of amides is 1. The number of aromatic nitrogens is 4. The van der Waals surface area contributed by atoms with Gasteiger partial charge < -0.3 is 4.90 Å². The highest BCUT2D eigenvalue weighted by molar-refractivity contribution is 7.09. The summed E-state index contributed by atoms with van der Waals surface area (Å²) in [6.45, 7) is 0. The van der Waals surface area contributed by atoms with E-state index < -0.39 is 0 Å². The van der Waals surface area contributed by atoms with Crippen molar-refractivity contribution in [1.29, 1.82) is 0 Å². The molecular formula is C19H17N5OS. The predicted octanol–water partition coefficient (Wildman–Crippen LogP) is 3.15. The first-order valence-corrected chi connectivity index (χ1v) is 9.03. The number of hydrogen-bond acceptors (Lipinski definition) is 5. The highest BCUT2D eigenvalue weighted by atomic mass is 32.1. The van der Waals surface area contributed by atoms with Crippen molar-refractivity contribution >= 4 is 22.9 Å². The molecule has 4 rings (SSSR count). The van der Waals surface area contributed by atoms with Crippen LogP contribution in [0.25, 0.3) is 16.9 Å². The zero-order chi connectivity index (χ0) is 18.1. The summed E-state index contributed by atoms with van der Waals surface area (Å²) in [5.74, 6) is -0.0314. The molecule has 7 heteroatoms. The normalized spacial score (nSPS) is 11.0. The first-order chi connectivity index (χ1) is 12.6. The van der Waals surface area contributed by atoms with E-state index in [0.29, 0.717) is 5.56 Å². The van der Waals surface area contributed by atoms with Crippen molar-refractivity contribution in [2.45, 2.75) is 6.42 Å². The van der Waals surface area contributed by atoms with Gasteiger partial charge in [-0.05, 0) is 23.8 Å². The molecule has 0 saturated carbocycles. The summed E-state index contributed by atoms with van der Waals surface area (Å²) in [5, 5.41) is 8.99. The molecule has 1 aromatic carbocycles. The molecule has 26 heavy (non-hydrogen) atoms. The molecule has 0 radical (unpaired) electrons. The van der Waals surface area contributed by atoms with Gasteiger partial charge in [-0.2, -0.15) is 0 Å². The van der Waals surface area contributed by atoms with Gasteiger partial charge in [0, 0.05) is 37.8 Å². The fourth-order valence-corrected chi connectivity index (χ4v) is 3.43. The zero-order valence-corrected chi connectivity index (χ0v) is 15.3. The summed E-state index contributed by atoms with van der Waals surface area (Å²) in [6.07, 6.45) is 4.49. The van der Waals surface area contributed by atoms with Gasteiger partial charge >= 0.3 is 0 Å². The van der Waals surface area contributed by atoms with Crippen molar-refractivity contribution in [3.05, 3.63) is 70.4 Å². The molecule has 0 spiro atoms. The van der Waals surface area contributed by atoms with E-state index in [0.717, 1.165) is 28.3 Å². The standard InChI is InChI=1S/C19H17N5OS/c1-23(2)19(25)15-6-7-24-16(11-20-17(24)10-15)14-5-3-4-13(8-14)9-18-22-21-12-26-18/h3-8,10-12H,9H2,1-2H3. The van der Waals surface area contributed by atoms with Crippen LogP contribution in [-0.2, 0) is 6.42 Å². The van der Waals surface area contributed by atoms with Crippen molar-refractivity contribution in [1.82, 2.24) is 24.5 Å². The van der Waals surface area contributed by atoms with Gasteiger partial charge in [-0.3, -0.25) is 9.20 Å². The first-order valence-electron chi connectivity index (χ1n) is 8.15. The lowest BCUT2D eigenvalue weighted by Crippen LogP contribution is -2.21. The van der Waals surface area contributed by atoms with Crippen LogP contribution in [0.3, 0.4) is 0 Å². The Morgan fingerprint density at radius 2 is 2.12 bits per heavy atom. The molecule has 4 aromatic rings. The van der Waals surface area contributed by atoms with E-state index in [9.17, 15) is 4.79 Å². The molecule has 130 valence electrons. The zero-order valence-electron chi connectivity index (χ0n) is 14.5. The van der Waals surface area contributed by atoms with Crippen molar-refractivity contribution in [3.8, 4) is 11.3 Å². The van der Waals surface area contributed by atoms with Crippen LogP contribution in [0.15, 0.2) is 54.3 Å². The Hall–Kier alpha value is -3.06. The Labute approximate surface area is 154 Å². The van der Waals surface area contributed by atoms with Crippen LogP contribution < -0.4 is 0 Å². The van der Waals surface area contributed by atoms with Gasteiger partial charge in [0.1, 0.15) is 16.2 Å². The van der Waals surface area contributed by atoms with Crippen molar-refractivity contribution in [2.24, 2.45) is 0 Å². The smallest absolute Gasteiger partial charge is 0.253 e. The third-order valence-electron chi connectivity index (χ3n) is 4.15.